The first kappa shape index (κ1) is 15.8. The molecule has 1 atom stereocenters. The normalized spacial score (nSPS) is 18.9. The Balaban J connectivity index is 1.97. The molecule has 1 aliphatic heterocycles. The molecular formula is C20H22ClNO2. The van der Waals surface area contributed by atoms with Crippen LogP contribution in [-0.2, 0) is 12.8 Å². The van der Waals surface area contributed by atoms with Crippen molar-refractivity contribution in [3.8, 4) is 22.6 Å². The fourth-order valence-corrected chi connectivity index (χ4v) is 4.60. The van der Waals surface area contributed by atoms with Gasteiger partial charge in [-0.25, -0.2) is 0 Å². The van der Waals surface area contributed by atoms with Crippen LogP contribution in [-0.4, -0.2) is 30.2 Å². The maximum atomic E-state index is 10.7. The van der Waals surface area contributed by atoms with Crippen LogP contribution in [0.25, 0.3) is 11.1 Å². The maximum Gasteiger partial charge on any atom is 0.166 e. The molecule has 1 aliphatic carbocycles. The van der Waals surface area contributed by atoms with Crippen molar-refractivity contribution in [3.63, 3.8) is 0 Å². The smallest absolute Gasteiger partial charge is 0.166 e. The molecule has 0 aromatic heterocycles. The van der Waals surface area contributed by atoms with Gasteiger partial charge in [0.05, 0.1) is 7.11 Å². The molecule has 2 aromatic carbocycles. The van der Waals surface area contributed by atoms with Crippen molar-refractivity contribution in [2.24, 2.45) is 0 Å². The van der Waals surface area contributed by atoms with E-state index < -0.39 is 0 Å². The molecule has 1 unspecified atom stereocenters. The Bertz CT molecular complexity index is 803. The highest BCUT2D eigenvalue weighted by atomic mass is 35.5. The number of aromatic hydroxyl groups is 1. The van der Waals surface area contributed by atoms with E-state index in [4.69, 9.17) is 16.3 Å². The van der Waals surface area contributed by atoms with Gasteiger partial charge < -0.3 is 9.84 Å². The molecule has 0 amide bonds. The summed E-state index contributed by atoms with van der Waals surface area (Å²) < 4.78 is 5.32. The molecular weight excluding hydrogens is 322 g/mol. The van der Waals surface area contributed by atoms with Crippen molar-refractivity contribution in [3.05, 3.63) is 46.0 Å². The zero-order valence-electron chi connectivity index (χ0n) is 14.1. The van der Waals surface area contributed by atoms with Crippen LogP contribution in [0.2, 0.25) is 5.02 Å². The molecule has 0 spiro atoms. The zero-order chi connectivity index (χ0) is 16.8. The Morgan fingerprint density at radius 2 is 2.21 bits per heavy atom. The van der Waals surface area contributed by atoms with Gasteiger partial charge in [0.15, 0.2) is 11.5 Å². The third-order valence-corrected chi connectivity index (χ3v) is 5.69. The van der Waals surface area contributed by atoms with Gasteiger partial charge in [-0.1, -0.05) is 36.7 Å². The second-order valence-electron chi connectivity index (χ2n) is 6.65. The number of hydrogen-bond acceptors (Lipinski definition) is 3. The van der Waals surface area contributed by atoms with Crippen LogP contribution < -0.4 is 4.74 Å². The summed E-state index contributed by atoms with van der Waals surface area (Å²) in [6.07, 6.45) is 3.05. The van der Waals surface area contributed by atoms with Gasteiger partial charge in [-0.05, 0) is 48.1 Å². The summed E-state index contributed by atoms with van der Waals surface area (Å²) in [5.74, 6) is 0.646. The summed E-state index contributed by atoms with van der Waals surface area (Å²) in [4.78, 5) is 2.56. The lowest BCUT2D eigenvalue weighted by molar-refractivity contribution is 0.183. The highest BCUT2D eigenvalue weighted by molar-refractivity contribution is 6.32. The lowest BCUT2D eigenvalue weighted by Crippen LogP contribution is -2.38. The molecule has 24 heavy (non-hydrogen) atoms. The van der Waals surface area contributed by atoms with Gasteiger partial charge in [-0.15, -0.1) is 0 Å². The third kappa shape index (κ3) is 2.22. The van der Waals surface area contributed by atoms with E-state index in [9.17, 15) is 5.11 Å². The lowest BCUT2D eigenvalue weighted by Gasteiger charge is -2.42. The molecule has 2 aromatic rings. The van der Waals surface area contributed by atoms with Gasteiger partial charge in [-0.2, -0.15) is 0 Å². The summed E-state index contributed by atoms with van der Waals surface area (Å²) >= 11 is 6.56. The minimum Gasteiger partial charge on any atom is -0.504 e. The molecule has 1 N–H and O–H groups in total. The summed E-state index contributed by atoms with van der Waals surface area (Å²) in [5, 5.41) is 11.4. The Morgan fingerprint density at radius 3 is 2.96 bits per heavy atom. The first-order valence-electron chi connectivity index (χ1n) is 8.60. The minimum atomic E-state index is 0.205. The first-order valence-corrected chi connectivity index (χ1v) is 8.98. The summed E-state index contributed by atoms with van der Waals surface area (Å²) in [5.41, 5.74) is 5.76. The van der Waals surface area contributed by atoms with Gasteiger partial charge in [0.2, 0.25) is 0 Å². The van der Waals surface area contributed by atoms with E-state index >= 15 is 0 Å². The summed E-state index contributed by atoms with van der Waals surface area (Å²) in [6.45, 7) is 4.40. The molecule has 126 valence electrons. The van der Waals surface area contributed by atoms with Gasteiger partial charge in [0.25, 0.3) is 0 Å². The molecule has 0 radical (unpaired) electrons. The predicted molar refractivity (Wildman–Crippen MR) is 97.1 cm³/mol. The van der Waals surface area contributed by atoms with Crippen LogP contribution in [0.3, 0.4) is 0 Å². The number of benzene rings is 2. The van der Waals surface area contributed by atoms with Crippen molar-refractivity contribution in [1.29, 1.82) is 0 Å². The van der Waals surface area contributed by atoms with Crippen LogP contribution in [0.5, 0.6) is 11.5 Å². The van der Waals surface area contributed by atoms with Crippen molar-refractivity contribution in [2.45, 2.75) is 32.2 Å². The van der Waals surface area contributed by atoms with E-state index in [1.807, 2.05) is 0 Å². The average molecular weight is 344 g/mol. The van der Waals surface area contributed by atoms with Crippen LogP contribution in [0, 0.1) is 0 Å². The number of ether oxygens (including phenoxy) is 1. The van der Waals surface area contributed by atoms with Gasteiger partial charge >= 0.3 is 0 Å². The quantitative estimate of drug-likeness (QED) is 0.885. The number of rotatable bonds is 3. The highest BCUT2D eigenvalue weighted by Gasteiger charge is 2.36. The van der Waals surface area contributed by atoms with E-state index in [1.54, 1.807) is 13.2 Å². The number of halogens is 1. The van der Waals surface area contributed by atoms with E-state index in [-0.39, 0.29) is 5.75 Å². The molecule has 0 bridgehead atoms. The molecule has 1 heterocycles. The van der Waals surface area contributed by atoms with Gasteiger partial charge in [-0.3, -0.25) is 4.90 Å². The Morgan fingerprint density at radius 1 is 1.38 bits per heavy atom. The van der Waals surface area contributed by atoms with Crippen LogP contribution in [0.4, 0.5) is 0 Å². The maximum absolute atomic E-state index is 10.7. The molecule has 0 saturated heterocycles. The molecule has 2 aliphatic rings. The number of hydrogen-bond donors (Lipinski definition) is 1. The molecule has 0 fully saturated rings. The standard InChI is InChI=1S/C20H22ClNO2/c1-3-8-22-9-7-12-5-4-6-13-18(12)16(22)10-14-15(21)11-17(24-2)20(23)19(13)14/h4-6,11,16,23H,3,7-10H2,1-2H3. The van der Waals surface area contributed by atoms with Crippen LogP contribution in [0.1, 0.15) is 36.1 Å². The number of phenols is 1. The Hall–Kier alpha value is -1.71. The lowest BCUT2D eigenvalue weighted by atomic mass is 9.76. The van der Waals surface area contributed by atoms with E-state index in [1.165, 1.54) is 11.1 Å². The summed E-state index contributed by atoms with van der Waals surface area (Å²) in [6, 6.07) is 8.50. The first-order chi connectivity index (χ1) is 11.7. The molecule has 4 rings (SSSR count). The summed E-state index contributed by atoms with van der Waals surface area (Å²) in [7, 11) is 1.56. The van der Waals surface area contributed by atoms with E-state index in [0.717, 1.165) is 49.0 Å². The molecule has 4 heteroatoms. The van der Waals surface area contributed by atoms with Crippen molar-refractivity contribution < 1.29 is 9.84 Å². The SMILES string of the molecule is CCCN1CCc2cccc3c2C1Cc1c(Cl)cc(OC)c(O)c1-3. The fourth-order valence-electron chi connectivity index (χ4n) is 4.33. The highest BCUT2D eigenvalue weighted by Crippen LogP contribution is 2.52. The van der Waals surface area contributed by atoms with Crippen LogP contribution in [0.15, 0.2) is 24.3 Å². The van der Waals surface area contributed by atoms with Gasteiger partial charge in [0, 0.05) is 29.2 Å². The van der Waals surface area contributed by atoms with E-state index in [0.29, 0.717) is 16.8 Å². The second kappa shape index (κ2) is 5.98. The fraction of sp³-hybridized carbons (Fsp3) is 0.400. The monoisotopic (exact) mass is 343 g/mol. The van der Waals surface area contributed by atoms with Crippen molar-refractivity contribution in [2.75, 3.05) is 20.2 Å². The number of nitrogens with zero attached hydrogens (tertiary/aromatic N) is 1. The van der Waals surface area contributed by atoms with E-state index in [2.05, 4.69) is 30.0 Å². The number of phenolic OH excluding ortho intramolecular Hbond substituents is 1. The number of fused-ring (bicyclic) bond motifs is 2. The predicted octanol–water partition coefficient (Wildman–Crippen LogP) is 4.59. The molecule has 0 saturated carbocycles. The zero-order valence-corrected chi connectivity index (χ0v) is 14.9. The second-order valence-corrected chi connectivity index (χ2v) is 7.05. The van der Waals surface area contributed by atoms with Crippen LogP contribution >= 0.6 is 11.6 Å². The number of methoxy groups -OCH3 is 1. The third-order valence-electron chi connectivity index (χ3n) is 5.35. The Kier molecular flexibility index (Phi) is 3.93. The average Bonchev–Trinajstić information content (AvgIpc) is 2.60. The topological polar surface area (TPSA) is 32.7 Å². The minimum absolute atomic E-state index is 0.205. The van der Waals surface area contributed by atoms with Gasteiger partial charge in [0.1, 0.15) is 0 Å². The van der Waals surface area contributed by atoms with Crippen molar-refractivity contribution >= 4 is 11.6 Å². The van der Waals surface area contributed by atoms with Crippen molar-refractivity contribution in [1.82, 2.24) is 4.90 Å². The Labute approximate surface area is 147 Å². The largest absolute Gasteiger partial charge is 0.504 e. The molecule has 3 nitrogen and oxygen atoms in total.